The molecule has 1 aromatic heterocycles. The zero-order valence-corrected chi connectivity index (χ0v) is 12.3. The maximum atomic E-state index is 12.0. The summed E-state index contributed by atoms with van der Waals surface area (Å²) >= 11 is 0. The summed E-state index contributed by atoms with van der Waals surface area (Å²) in [6.07, 6.45) is -1.92. The number of ether oxygens (including phenoxy) is 1. The number of urea groups is 1. The van der Waals surface area contributed by atoms with Crippen molar-refractivity contribution in [3.8, 4) is 0 Å². The number of aliphatic hydroxyl groups is 1. The van der Waals surface area contributed by atoms with Crippen molar-refractivity contribution in [1.29, 1.82) is 0 Å². The highest BCUT2D eigenvalue weighted by molar-refractivity contribution is 5.98. The number of aromatic amines is 1. The van der Waals surface area contributed by atoms with E-state index in [1.165, 1.54) is 6.92 Å². The fourth-order valence-corrected chi connectivity index (χ4v) is 2.09. The highest BCUT2D eigenvalue weighted by atomic mass is 16.5. The summed E-state index contributed by atoms with van der Waals surface area (Å²) in [4.78, 5) is 36.9. The van der Waals surface area contributed by atoms with E-state index in [9.17, 15) is 19.5 Å². The summed E-state index contributed by atoms with van der Waals surface area (Å²) in [6, 6.07) is -1.02. The Morgan fingerprint density at radius 2 is 1.86 bits per heavy atom. The van der Waals surface area contributed by atoms with Gasteiger partial charge in [0.05, 0.1) is 6.10 Å². The molecule has 3 amide bonds. The van der Waals surface area contributed by atoms with Gasteiger partial charge in [-0.05, 0) is 33.3 Å². The normalized spacial score (nSPS) is 13.4. The highest BCUT2D eigenvalue weighted by Gasteiger charge is 2.25. The molecule has 2 atom stereocenters. The van der Waals surface area contributed by atoms with Gasteiger partial charge in [0.2, 0.25) is 0 Å². The molecule has 0 aromatic carbocycles. The third-order valence-electron chi connectivity index (χ3n) is 3.02. The van der Waals surface area contributed by atoms with Crippen molar-refractivity contribution in [3.63, 3.8) is 0 Å². The van der Waals surface area contributed by atoms with Gasteiger partial charge < -0.3 is 20.6 Å². The molecule has 0 aliphatic carbocycles. The first-order chi connectivity index (χ1) is 9.65. The summed E-state index contributed by atoms with van der Waals surface area (Å²) in [5.41, 5.74) is 6.76. The number of amides is 3. The van der Waals surface area contributed by atoms with Crippen LogP contribution in [0.4, 0.5) is 4.79 Å². The number of imide groups is 1. The van der Waals surface area contributed by atoms with Crippen LogP contribution < -0.4 is 11.1 Å². The molecule has 0 aliphatic heterocycles. The monoisotopic (exact) mass is 297 g/mol. The van der Waals surface area contributed by atoms with Gasteiger partial charge in [-0.25, -0.2) is 9.59 Å². The Hall–Kier alpha value is -2.35. The first-order valence-electron chi connectivity index (χ1n) is 6.33. The molecule has 0 fully saturated rings. The molecule has 0 radical (unpaired) electrons. The van der Waals surface area contributed by atoms with Crippen molar-refractivity contribution in [3.05, 3.63) is 22.5 Å². The fourth-order valence-electron chi connectivity index (χ4n) is 2.09. The second-order valence-electron chi connectivity index (χ2n) is 4.74. The second-order valence-corrected chi connectivity index (χ2v) is 4.74. The molecule has 0 spiro atoms. The van der Waals surface area contributed by atoms with Gasteiger partial charge in [0.1, 0.15) is 5.69 Å². The molecule has 0 saturated heterocycles. The summed E-state index contributed by atoms with van der Waals surface area (Å²) < 4.78 is 4.96. The van der Waals surface area contributed by atoms with Crippen molar-refractivity contribution < 1.29 is 24.2 Å². The molecular weight excluding hydrogens is 278 g/mol. The van der Waals surface area contributed by atoms with Gasteiger partial charge in [0.25, 0.3) is 5.91 Å². The van der Waals surface area contributed by atoms with Gasteiger partial charge in [-0.15, -0.1) is 0 Å². The SMILES string of the molecule is Cc1[nH]c(C(=O)O[C@@H](C)C(=O)NC(N)=O)c(C)c1[C@@H](C)O. The predicted molar refractivity (Wildman–Crippen MR) is 73.5 cm³/mol. The largest absolute Gasteiger partial charge is 0.448 e. The summed E-state index contributed by atoms with van der Waals surface area (Å²) in [5, 5.41) is 11.5. The number of rotatable bonds is 4. The Labute approximate surface area is 121 Å². The van der Waals surface area contributed by atoms with Gasteiger partial charge in [-0.1, -0.05) is 0 Å². The lowest BCUT2D eigenvalue weighted by atomic mass is 10.1. The first-order valence-corrected chi connectivity index (χ1v) is 6.33. The standard InChI is InChI=1S/C13H19N3O5/c1-5-9(7(3)17)6(2)15-10(5)12(19)21-8(4)11(18)16-13(14)20/h7-8,15,17H,1-4H3,(H3,14,16,18,20)/t7-,8+/m1/s1. The second kappa shape index (κ2) is 6.40. The van der Waals surface area contributed by atoms with Crippen LogP contribution in [0.2, 0.25) is 0 Å². The van der Waals surface area contributed by atoms with E-state index in [1.54, 1.807) is 20.8 Å². The Morgan fingerprint density at radius 3 is 2.29 bits per heavy atom. The maximum Gasteiger partial charge on any atom is 0.355 e. The number of aromatic nitrogens is 1. The Balaban J connectivity index is 2.88. The van der Waals surface area contributed by atoms with Gasteiger partial charge in [0.15, 0.2) is 6.10 Å². The Bertz CT molecular complexity index is 577. The molecule has 8 nitrogen and oxygen atoms in total. The van der Waals surface area contributed by atoms with Crippen LogP contribution in [-0.4, -0.2) is 34.1 Å². The molecule has 0 aliphatic rings. The molecule has 0 bridgehead atoms. The zero-order valence-electron chi connectivity index (χ0n) is 12.3. The number of aliphatic hydroxyl groups excluding tert-OH is 1. The molecule has 5 N–H and O–H groups in total. The Morgan fingerprint density at radius 1 is 1.29 bits per heavy atom. The third kappa shape index (κ3) is 3.82. The minimum atomic E-state index is -1.18. The number of carbonyl (C=O) groups is 3. The van der Waals surface area contributed by atoms with Crippen LogP contribution in [0.25, 0.3) is 0 Å². The van der Waals surface area contributed by atoms with Crippen molar-refractivity contribution in [2.24, 2.45) is 5.73 Å². The van der Waals surface area contributed by atoms with Crippen LogP contribution in [0.15, 0.2) is 0 Å². The number of primary amides is 1. The molecule has 1 aromatic rings. The maximum absolute atomic E-state index is 12.0. The summed E-state index contributed by atoms with van der Waals surface area (Å²) in [7, 11) is 0. The van der Waals surface area contributed by atoms with Gasteiger partial charge in [-0.2, -0.15) is 0 Å². The van der Waals surface area contributed by atoms with Crippen LogP contribution in [0.1, 0.15) is 47.3 Å². The number of H-pyrrole nitrogens is 1. The van der Waals surface area contributed by atoms with E-state index in [1.807, 2.05) is 5.32 Å². The molecular formula is C13H19N3O5. The van der Waals surface area contributed by atoms with E-state index in [2.05, 4.69) is 4.98 Å². The lowest BCUT2D eigenvalue weighted by Crippen LogP contribution is -2.42. The van der Waals surface area contributed by atoms with Gasteiger partial charge >= 0.3 is 12.0 Å². The van der Waals surface area contributed by atoms with Gasteiger partial charge in [-0.3, -0.25) is 10.1 Å². The first kappa shape index (κ1) is 16.7. The quantitative estimate of drug-likeness (QED) is 0.597. The molecule has 21 heavy (non-hydrogen) atoms. The number of nitrogens with two attached hydrogens (primary N) is 1. The number of hydrogen-bond donors (Lipinski definition) is 4. The number of carbonyl (C=O) groups excluding carboxylic acids is 3. The van der Waals surface area contributed by atoms with Crippen LogP contribution >= 0.6 is 0 Å². The molecule has 1 heterocycles. The van der Waals surface area contributed by atoms with E-state index >= 15 is 0 Å². The van der Waals surface area contributed by atoms with E-state index in [0.717, 1.165) is 0 Å². The zero-order chi connectivity index (χ0) is 16.3. The highest BCUT2D eigenvalue weighted by Crippen LogP contribution is 2.25. The van der Waals surface area contributed by atoms with E-state index in [4.69, 9.17) is 10.5 Å². The molecule has 116 valence electrons. The van der Waals surface area contributed by atoms with E-state index in [0.29, 0.717) is 16.8 Å². The van der Waals surface area contributed by atoms with Crippen molar-refractivity contribution >= 4 is 17.9 Å². The average Bonchev–Trinajstić information content (AvgIpc) is 2.63. The third-order valence-corrected chi connectivity index (χ3v) is 3.02. The molecule has 0 saturated carbocycles. The molecule has 0 unspecified atom stereocenters. The number of aryl methyl sites for hydroxylation is 1. The number of hydrogen-bond acceptors (Lipinski definition) is 5. The van der Waals surface area contributed by atoms with Gasteiger partial charge in [0, 0.05) is 11.3 Å². The topological polar surface area (TPSA) is 135 Å². The summed E-state index contributed by atoms with van der Waals surface area (Å²) in [6.45, 7) is 6.28. The predicted octanol–water partition coefficient (Wildman–Crippen LogP) is 0.425. The number of nitrogens with one attached hydrogen (secondary N) is 2. The van der Waals surface area contributed by atoms with E-state index in [-0.39, 0.29) is 5.69 Å². The molecule has 1 rings (SSSR count). The smallest absolute Gasteiger partial charge is 0.355 e. The lowest BCUT2D eigenvalue weighted by Gasteiger charge is -2.12. The van der Waals surface area contributed by atoms with E-state index < -0.39 is 30.1 Å². The molecule has 8 heteroatoms. The van der Waals surface area contributed by atoms with Crippen LogP contribution in [0, 0.1) is 13.8 Å². The fraction of sp³-hybridized carbons (Fsp3) is 0.462. The van der Waals surface area contributed by atoms with Crippen molar-refractivity contribution in [2.45, 2.75) is 39.9 Å². The minimum Gasteiger partial charge on any atom is -0.448 e. The van der Waals surface area contributed by atoms with Crippen LogP contribution in [0.5, 0.6) is 0 Å². The average molecular weight is 297 g/mol. The summed E-state index contributed by atoms with van der Waals surface area (Å²) in [5.74, 6) is -1.57. The Kier molecular flexibility index (Phi) is 5.09. The van der Waals surface area contributed by atoms with Crippen molar-refractivity contribution in [1.82, 2.24) is 10.3 Å². The minimum absolute atomic E-state index is 0.155. The lowest BCUT2D eigenvalue weighted by molar-refractivity contribution is -0.127. The number of esters is 1. The van der Waals surface area contributed by atoms with Crippen LogP contribution in [0.3, 0.4) is 0 Å². The van der Waals surface area contributed by atoms with Crippen molar-refractivity contribution in [2.75, 3.05) is 0 Å². The van der Waals surface area contributed by atoms with Crippen LogP contribution in [-0.2, 0) is 9.53 Å².